The normalized spacial score (nSPS) is 30.8. The number of anilines is 1. The van der Waals surface area contributed by atoms with Crippen LogP contribution in [0.4, 0.5) is 13.9 Å². The lowest BCUT2D eigenvalue weighted by Gasteiger charge is -2.49. The lowest BCUT2D eigenvalue weighted by molar-refractivity contribution is -0.136. The van der Waals surface area contributed by atoms with Gasteiger partial charge in [-0.1, -0.05) is 28.1 Å². The van der Waals surface area contributed by atoms with Gasteiger partial charge in [-0.25, -0.2) is 13.8 Å². The number of fused-ring (bicyclic) bond motifs is 3. The first-order chi connectivity index (χ1) is 12.0. The molecule has 4 aliphatic rings. The standard InChI is InChI=1S/C16H15ClF2N4OS/c17-12-9(18)5-10-14(13(12)19)25-15(20-10)21-11-6-16(24-22-11)7-23-3-1-8(16)2-4-23/h5,8H,1-4,6-7H2,(H,20,21,22)/t16-/m0/s1. The third-order valence-electron chi connectivity index (χ3n) is 5.40. The number of aromatic nitrogens is 1. The number of benzene rings is 1. The zero-order valence-corrected chi connectivity index (χ0v) is 14.8. The maximum atomic E-state index is 14.1. The van der Waals surface area contributed by atoms with Crippen LogP contribution in [0.3, 0.4) is 0 Å². The van der Waals surface area contributed by atoms with Gasteiger partial charge in [0.15, 0.2) is 22.4 Å². The van der Waals surface area contributed by atoms with Crippen LogP contribution in [0.25, 0.3) is 10.2 Å². The van der Waals surface area contributed by atoms with E-state index in [1.807, 2.05) is 0 Å². The van der Waals surface area contributed by atoms with Crippen LogP contribution in [-0.4, -0.2) is 41.0 Å². The molecule has 2 bridgehead atoms. The van der Waals surface area contributed by atoms with Crippen molar-refractivity contribution in [2.75, 3.05) is 25.0 Å². The molecule has 0 aliphatic carbocycles. The van der Waals surface area contributed by atoms with Gasteiger partial charge in [0.25, 0.3) is 0 Å². The van der Waals surface area contributed by atoms with Crippen LogP contribution in [0.2, 0.25) is 5.02 Å². The summed E-state index contributed by atoms with van der Waals surface area (Å²) in [7, 11) is 0. The first-order valence-corrected chi connectivity index (χ1v) is 9.42. The minimum Gasteiger partial charge on any atom is -0.386 e. The second-order valence-corrected chi connectivity index (χ2v) is 8.28. The lowest BCUT2D eigenvalue weighted by Crippen LogP contribution is -2.59. The molecule has 3 fully saturated rings. The highest BCUT2D eigenvalue weighted by Crippen LogP contribution is 2.43. The number of amidine groups is 1. The van der Waals surface area contributed by atoms with Crippen LogP contribution in [0, 0.1) is 17.6 Å². The lowest BCUT2D eigenvalue weighted by atomic mass is 9.73. The van der Waals surface area contributed by atoms with Gasteiger partial charge in [-0.05, 0) is 25.9 Å². The van der Waals surface area contributed by atoms with Crippen molar-refractivity contribution in [3.05, 3.63) is 22.7 Å². The summed E-state index contributed by atoms with van der Waals surface area (Å²) in [4.78, 5) is 12.5. The number of rotatable bonds is 1. The summed E-state index contributed by atoms with van der Waals surface area (Å²) >= 11 is 6.72. The van der Waals surface area contributed by atoms with E-state index in [1.54, 1.807) is 0 Å². The van der Waals surface area contributed by atoms with E-state index in [0.29, 0.717) is 23.3 Å². The number of nitrogens with zero attached hydrogens (tertiary/aromatic N) is 3. The molecular formula is C16H15ClF2N4OS. The summed E-state index contributed by atoms with van der Waals surface area (Å²) in [6.45, 7) is 3.14. The summed E-state index contributed by atoms with van der Waals surface area (Å²) < 4.78 is 27.9. The summed E-state index contributed by atoms with van der Waals surface area (Å²) in [5.74, 6) is -0.391. The first kappa shape index (κ1) is 15.7. The van der Waals surface area contributed by atoms with Gasteiger partial charge in [-0.3, -0.25) is 4.90 Å². The number of piperidine rings is 3. The summed E-state index contributed by atoms with van der Waals surface area (Å²) in [5.41, 5.74) is -0.0140. The Morgan fingerprint density at radius 2 is 2.16 bits per heavy atom. The van der Waals surface area contributed by atoms with E-state index in [2.05, 4.69) is 20.4 Å². The van der Waals surface area contributed by atoms with Crippen LogP contribution < -0.4 is 5.32 Å². The fourth-order valence-corrected chi connectivity index (χ4v) is 5.25. The highest BCUT2D eigenvalue weighted by molar-refractivity contribution is 7.22. The third kappa shape index (κ3) is 2.42. The van der Waals surface area contributed by atoms with Gasteiger partial charge in [0.2, 0.25) is 0 Å². The zero-order valence-electron chi connectivity index (χ0n) is 13.2. The predicted octanol–water partition coefficient (Wildman–Crippen LogP) is 3.84. The van der Waals surface area contributed by atoms with Crippen molar-refractivity contribution in [2.24, 2.45) is 11.1 Å². The second-order valence-electron chi connectivity index (χ2n) is 6.90. The van der Waals surface area contributed by atoms with Crippen molar-refractivity contribution in [3.63, 3.8) is 0 Å². The average molecular weight is 385 g/mol. The number of hydrogen-bond acceptors (Lipinski definition) is 6. The molecule has 5 heterocycles. The molecule has 1 atom stereocenters. The van der Waals surface area contributed by atoms with Gasteiger partial charge in [0.1, 0.15) is 10.8 Å². The Kier molecular flexibility index (Phi) is 3.45. The topological polar surface area (TPSA) is 49.8 Å². The SMILES string of the molecule is Fc1cc2nc(NC3=NO[C@@]4(C3)CN3CCC4CC3)sc2c(F)c1Cl. The Hall–Kier alpha value is -1.51. The van der Waals surface area contributed by atoms with Crippen LogP contribution in [0.15, 0.2) is 11.2 Å². The van der Waals surface area contributed by atoms with E-state index in [4.69, 9.17) is 16.4 Å². The molecule has 3 saturated heterocycles. The van der Waals surface area contributed by atoms with Crippen molar-refractivity contribution < 1.29 is 13.6 Å². The second kappa shape index (κ2) is 5.49. The van der Waals surface area contributed by atoms with Crippen LogP contribution in [-0.2, 0) is 4.84 Å². The molecule has 0 unspecified atom stereocenters. The molecular weight excluding hydrogens is 370 g/mol. The predicted molar refractivity (Wildman–Crippen MR) is 93.2 cm³/mol. The zero-order chi connectivity index (χ0) is 17.2. The van der Waals surface area contributed by atoms with E-state index in [0.717, 1.165) is 49.9 Å². The minimum absolute atomic E-state index is 0.228. The fourth-order valence-electron chi connectivity index (χ4n) is 4.14. The van der Waals surface area contributed by atoms with E-state index in [-0.39, 0.29) is 15.8 Å². The molecule has 1 spiro atoms. The number of nitrogens with one attached hydrogen (secondary N) is 1. The van der Waals surface area contributed by atoms with Gasteiger partial charge in [-0.2, -0.15) is 0 Å². The van der Waals surface area contributed by atoms with Crippen LogP contribution in [0.5, 0.6) is 0 Å². The molecule has 0 radical (unpaired) electrons. The Balaban J connectivity index is 1.38. The minimum atomic E-state index is -0.809. The molecule has 0 saturated carbocycles. The van der Waals surface area contributed by atoms with Gasteiger partial charge in [-0.15, -0.1) is 0 Å². The van der Waals surface area contributed by atoms with Crippen LogP contribution >= 0.6 is 22.9 Å². The first-order valence-electron chi connectivity index (χ1n) is 8.22. The maximum Gasteiger partial charge on any atom is 0.189 e. The van der Waals surface area contributed by atoms with Crippen molar-refractivity contribution in [3.8, 4) is 0 Å². The van der Waals surface area contributed by atoms with E-state index >= 15 is 0 Å². The van der Waals surface area contributed by atoms with Gasteiger partial charge < -0.3 is 10.2 Å². The van der Waals surface area contributed by atoms with Gasteiger partial charge >= 0.3 is 0 Å². The Morgan fingerprint density at radius 1 is 1.36 bits per heavy atom. The van der Waals surface area contributed by atoms with Crippen molar-refractivity contribution >= 4 is 44.1 Å². The molecule has 1 aromatic carbocycles. The third-order valence-corrected chi connectivity index (χ3v) is 6.72. The molecule has 4 aliphatic heterocycles. The number of halogens is 3. The van der Waals surface area contributed by atoms with Crippen molar-refractivity contribution in [1.29, 1.82) is 0 Å². The molecule has 132 valence electrons. The molecule has 25 heavy (non-hydrogen) atoms. The Bertz CT molecular complexity index is 896. The highest BCUT2D eigenvalue weighted by atomic mass is 35.5. The van der Waals surface area contributed by atoms with Crippen LogP contribution in [0.1, 0.15) is 19.3 Å². The molecule has 2 aromatic rings. The maximum absolute atomic E-state index is 14.1. The van der Waals surface area contributed by atoms with Gasteiger partial charge in [0, 0.05) is 18.5 Å². The Labute approximate surface area is 151 Å². The van der Waals surface area contributed by atoms with E-state index < -0.39 is 16.7 Å². The monoisotopic (exact) mass is 384 g/mol. The molecule has 0 amide bonds. The largest absolute Gasteiger partial charge is 0.386 e. The summed E-state index contributed by atoms with van der Waals surface area (Å²) in [5, 5.41) is 7.27. The number of oxime groups is 1. The number of thiazole rings is 1. The molecule has 1 N–H and O–H groups in total. The van der Waals surface area contributed by atoms with Crippen molar-refractivity contribution in [1.82, 2.24) is 9.88 Å². The fraction of sp³-hybridized carbons (Fsp3) is 0.500. The van der Waals surface area contributed by atoms with Gasteiger partial charge in [0.05, 0.1) is 16.6 Å². The van der Waals surface area contributed by atoms with E-state index in [1.165, 1.54) is 0 Å². The summed E-state index contributed by atoms with van der Waals surface area (Å²) in [6.07, 6.45) is 2.95. The molecule has 1 aromatic heterocycles. The number of hydrogen-bond donors (Lipinski definition) is 1. The molecule has 9 heteroatoms. The quantitative estimate of drug-likeness (QED) is 0.759. The van der Waals surface area contributed by atoms with Crippen molar-refractivity contribution in [2.45, 2.75) is 24.9 Å². The van der Waals surface area contributed by atoms with E-state index in [9.17, 15) is 8.78 Å². The average Bonchev–Trinajstić information content (AvgIpc) is 3.18. The Morgan fingerprint density at radius 3 is 2.88 bits per heavy atom. The molecule has 6 rings (SSSR count). The molecule has 5 nitrogen and oxygen atoms in total. The summed E-state index contributed by atoms with van der Waals surface area (Å²) in [6, 6.07) is 1.14. The smallest absolute Gasteiger partial charge is 0.189 e. The highest BCUT2D eigenvalue weighted by Gasteiger charge is 2.52.